The summed E-state index contributed by atoms with van der Waals surface area (Å²) in [5.41, 5.74) is 1.76. The zero-order valence-electron chi connectivity index (χ0n) is 20.7. The molecule has 0 radical (unpaired) electrons. The van der Waals surface area contributed by atoms with Crippen LogP contribution in [0, 0.1) is 10.1 Å². The number of hydrogen-bond acceptors (Lipinski definition) is 7. The third-order valence-corrected chi connectivity index (χ3v) is 6.98. The van der Waals surface area contributed by atoms with Crippen molar-refractivity contribution in [3.8, 4) is 5.75 Å². The number of nitro groups is 1. The fourth-order valence-corrected chi connectivity index (χ4v) is 4.98. The number of carbonyl (C=O) groups excluding carboxylic acids is 2. The number of nitro benzene ring substituents is 1. The Labute approximate surface area is 211 Å². The lowest BCUT2D eigenvalue weighted by atomic mass is 9.84. The molecule has 2 aromatic rings. The van der Waals surface area contributed by atoms with Gasteiger partial charge in [-0.1, -0.05) is 31.4 Å². The van der Waals surface area contributed by atoms with Crippen LogP contribution in [0.25, 0.3) is 0 Å². The van der Waals surface area contributed by atoms with E-state index in [9.17, 15) is 19.7 Å². The largest absolute Gasteiger partial charge is 0.484 e. The van der Waals surface area contributed by atoms with Crippen LogP contribution in [0.4, 0.5) is 11.4 Å². The summed E-state index contributed by atoms with van der Waals surface area (Å²) in [5.74, 6) is 0.603. The zero-order chi connectivity index (χ0) is 25.5. The molecule has 192 valence electrons. The predicted molar refractivity (Wildman–Crippen MR) is 136 cm³/mol. The number of anilines is 1. The Balaban J connectivity index is 1.29. The van der Waals surface area contributed by atoms with Crippen LogP contribution in [0.1, 0.15) is 60.9 Å². The van der Waals surface area contributed by atoms with E-state index in [0.29, 0.717) is 43.5 Å². The normalized spacial score (nSPS) is 16.5. The van der Waals surface area contributed by atoms with Crippen molar-refractivity contribution in [2.75, 3.05) is 44.3 Å². The van der Waals surface area contributed by atoms with Crippen LogP contribution in [0.5, 0.6) is 5.75 Å². The van der Waals surface area contributed by atoms with Gasteiger partial charge >= 0.3 is 5.97 Å². The van der Waals surface area contributed by atoms with E-state index in [1.54, 1.807) is 17.9 Å². The molecule has 9 heteroatoms. The Morgan fingerprint density at radius 3 is 2.33 bits per heavy atom. The molecule has 1 saturated carbocycles. The third kappa shape index (κ3) is 6.13. The van der Waals surface area contributed by atoms with Gasteiger partial charge in [0.05, 0.1) is 17.1 Å². The van der Waals surface area contributed by atoms with Crippen LogP contribution in [0.15, 0.2) is 42.5 Å². The van der Waals surface area contributed by atoms with Crippen LogP contribution in [0.3, 0.4) is 0 Å². The Kier molecular flexibility index (Phi) is 8.40. The summed E-state index contributed by atoms with van der Waals surface area (Å²) in [4.78, 5) is 39.4. The monoisotopic (exact) mass is 495 g/mol. The first kappa shape index (κ1) is 25.5. The second-order valence-electron chi connectivity index (χ2n) is 9.24. The van der Waals surface area contributed by atoms with E-state index >= 15 is 0 Å². The number of amides is 1. The van der Waals surface area contributed by atoms with Gasteiger partial charge < -0.3 is 19.3 Å². The molecule has 1 amide bonds. The first-order valence-electron chi connectivity index (χ1n) is 12.7. The number of rotatable bonds is 8. The number of esters is 1. The van der Waals surface area contributed by atoms with Gasteiger partial charge in [-0.3, -0.25) is 14.9 Å². The number of hydrogen-bond donors (Lipinski definition) is 0. The summed E-state index contributed by atoms with van der Waals surface area (Å²) >= 11 is 0. The van der Waals surface area contributed by atoms with E-state index in [2.05, 4.69) is 12.1 Å². The van der Waals surface area contributed by atoms with E-state index in [-0.39, 0.29) is 30.4 Å². The van der Waals surface area contributed by atoms with Crippen LogP contribution < -0.4 is 9.64 Å². The Hall–Kier alpha value is -3.62. The lowest BCUT2D eigenvalue weighted by Crippen LogP contribution is -2.50. The number of nitrogens with zero attached hydrogens (tertiary/aromatic N) is 3. The van der Waals surface area contributed by atoms with Crippen molar-refractivity contribution >= 4 is 23.3 Å². The summed E-state index contributed by atoms with van der Waals surface area (Å²) in [6.45, 7) is 3.58. The summed E-state index contributed by atoms with van der Waals surface area (Å²) in [7, 11) is 0. The van der Waals surface area contributed by atoms with Crippen LogP contribution >= 0.6 is 0 Å². The molecule has 0 bridgehead atoms. The fourth-order valence-electron chi connectivity index (χ4n) is 4.98. The fraction of sp³-hybridized carbons (Fsp3) is 0.481. The molecular weight excluding hydrogens is 462 g/mol. The standard InChI is InChI=1S/C27H33N3O6/c1-2-35-27(32)22-10-13-24(25(18-22)30(33)34)28-14-16-29(17-15-28)26(31)19-36-23-11-8-21(9-12-23)20-6-4-3-5-7-20/h8-13,18,20H,2-7,14-17,19H2,1H3. The summed E-state index contributed by atoms with van der Waals surface area (Å²) < 4.78 is 10.7. The van der Waals surface area contributed by atoms with Crippen molar-refractivity contribution in [3.05, 3.63) is 63.7 Å². The molecule has 2 aromatic carbocycles. The molecule has 2 fully saturated rings. The van der Waals surface area contributed by atoms with E-state index in [1.165, 1.54) is 49.8 Å². The van der Waals surface area contributed by atoms with Gasteiger partial charge in [-0.05, 0) is 55.5 Å². The number of piperazine rings is 1. The highest BCUT2D eigenvalue weighted by Crippen LogP contribution is 2.33. The molecule has 0 unspecified atom stereocenters. The summed E-state index contributed by atoms with van der Waals surface area (Å²) in [6, 6.07) is 12.4. The highest BCUT2D eigenvalue weighted by Gasteiger charge is 2.27. The van der Waals surface area contributed by atoms with Crippen LogP contribution in [-0.2, 0) is 9.53 Å². The Bertz CT molecular complexity index is 1070. The van der Waals surface area contributed by atoms with Crippen molar-refractivity contribution < 1.29 is 24.0 Å². The maximum absolute atomic E-state index is 12.7. The second kappa shape index (κ2) is 11.9. The lowest BCUT2D eigenvalue weighted by Gasteiger charge is -2.35. The molecule has 1 aliphatic heterocycles. The van der Waals surface area contributed by atoms with E-state index in [1.807, 2.05) is 17.0 Å². The topological polar surface area (TPSA) is 102 Å². The van der Waals surface area contributed by atoms with Gasteiger partial charge in [0.15, 0.2) is 6.61 Å². The van der Waals surface area contributed by atoms with Crippen LogP contribution in [-0.4, -0.2) is 61.1 Å². The predicted octanol–water partition coefficient (Wildman–Crippen LogP) is 4.55. The smallest absolute Gasteiger partial charge is 0.338 e. The molecule has 2 aliphatic rings. The average molecular weight is 496 g/mol. The van der Waals surface area contributed by atoms with Gasteiger partial charge in [0.1, 0.15) is 11.4 Å². The van der Waals surface area contributed by atoms with Crippen molar-refractivity contribution in [1.82, 2.24) is 4.90 Å². The minimum atomic E-state index is -0.591. The van der Waals surface area contributed by atoms with Crippen molar-refractivity contribution in [2.24, 2.45) is 0 Å². The van der Waals surface area contributed by atoms with Gasteiger partial charge in [0.2, 0.25) is 0 Å². The molecule has 1 saturated heterocycles. The second-order valence-corrected chi connectivity index (χ2v) is 9.24. The lowest BCUT2D eigenvalue weighted by molar-refractivity contribution is -0.384. The molecule has 0 atom stereocenters. The Morgan fingerprint density at radius 1 is 1.00 bits per heavy atom. The van der Waals surface area contributed by atoms with Gasteiger partial charge in [0, 0.05) is 32.2 Å². The van der Waals surface area contributed by atoms with E-state index < -0.39 is 10.9 Å². The highest BCUT2D eigenvalue weighted by atomic mass is 16.6. The molecule has 1 aliphatic carbocycles. The maximum atomic E-state index is 12.7. The number of ether oxygens (including phenoxy) is 2. The van der Waals surface area contributed by atoms with Gasteiger partial charge in [-0.25, -0.2) is 4.79 Å². The van der Waals surface area contributed by atoms with Crippen molar-refractivity contribution in [3.63, 3.8) is 0 Å². The molecule has 0 spiro atoms. The van der Waals surface area contributed by atoms with Crippen molar-refractivity contribution in [1.29, 1.82) is 0 Å². The SMILES string of the molecule is CCOC(=O)c1ccc(N2CCN(C(=O)COc3ccc(C4CCCCC4)cc3)CC2)c([N+](=O)[O-])c1. The van der Waals surface area contributed by atoms with Gasteiger partial charge in [-0.2, -0.15) is 0 Å². The molecule has 9 nitrogen and oxygen atoms in total. The minimum Gasteiger partial charge on any atom is -0.484 e. The minimum absolute atomic E-state index is 0.0445. The quantitative estimate of drug-likeness (QED) is 0.301. The third-order valence-electron chi connectivity index (χ3n) is 6.98. The maximum Gasteiger partial charge on any atom is 0.338 e. The molecule has 1 heterocycles. The molecule has 36 heavy (non-hydrogen) atoms. The van der Waals surface area contributed by atoms with E-state index in [4.69, 9.17) is 9.47 Å². The van der Waals surface area contributed by atoms with Crippen LogP contribution in [0.2, 0.25) is 0 Å². The molecule has 4 rings (SSSR count). The zero-order valence-corrected chi connectivity index (χ0v) is 20.7. The average Bonchev–Trinajstić information content (AvgIpc) is 2.92. The summed E-state index contributed by atoms with van der Waals surface area (Å²) in [5, 5.41) is 11.6. The number of carbonyl (C=O) groups is 2. The molecule has 0 N–H and O–H groups in total. The molecule has 0 aromatic heterocycles. The number of benzene rings is 2. The summed E-state index contributed by atoms with van der Waals surface area (Å²) in [6.07, 6.45) is 6.38. The first-order valence-corrected chi connectivity index (χ1v) is 12.7. The Morgan fingerprint density at radius 2 is 1.69 bits per heavy atom. The highest BCUT2D eigenvalue weighted by molar-refractivity contribution is 5.91. The first-order chi connectivity index (χ1) is 17.5. The van der Waals surface area contributed by atoms with Gasteiger partial charge in [-0.15, -0.1) is 0 Å². The van der Waals surface area contributed by atoms with Gasteiger partial charge in [0.25, 0.3) is 11.6 Å². The molecular formula is C27H33N3O6. The van der Waals surface area contributed by atoms with Crippen molar-refractivity contribution in [2.45, 2.75) is 44.9 Å². The van der Waals surface area contributed by atoms with E-state index in [0.717, 1.165) is 0 Å².